The van der Waals surface area contributed by atoms with Gasteiger partial charge in [0, 0.05) is 30.5 Å². The van der Waals surface area contributed by atoms with Crippen LogP contribution in [0.2, 0.25) is 0 Å². The van der Waals surface area contributed by atoms with E-state index in [1.807, 2.05) is 24.9 Å². The number of nitrogens with zero attached hydrogens (tertiary/aromatic N) is 2. The van der Waals surface area contributed by atoms with Gasteiger partial charge in [-0.2, -0.15) is 5.10 Å². The van der Waals surface area contributed by atoms with Gasteiger partial charge in [0.25, 0.3) is 0 Å². The van der Waals surface area contributed by atoms with Crippen molar-refractivity contribution < 1.29 is 4.79 Å². The summed E-state index contributed by atoms with van der Waals surface area (Å²) in [7, 11) is 1.95. The summed E-state index contributed by atoms with van der Waals surface area (Å²) in [5.74, 6) is 0.428. The van der Waals surface area contributed by atoms with Gasteiger partial charge in [0.05, 0.1) is 23.1 Å². The second-order valence-electron chi connectivity index (χ2n) is 7.49. The molecular formula is C21H24N4O. The van der Waals surface area contributed by atoms with E-state index in [0.717, 1.165) is 33.4 Å². The first kappa shape index (κ1) is 16.6. The summed E-state index contributed by atoms with van der Waals surface area (Å²) in [5, 5.41) is 12.1. The quantitative estimate of drug-likeness (QED) is 0.716. The van der Waals surface area contributed by atoms with Crippen molar-refractivity contribution in [1.29, 1.82) is 0 Å². The molecule has 0 bridgehead atoms. The molecule has 1 aliphatic rings. The van der Waals surface area contributed by atoms with Gasteiger partial charge in [-0.1, -0.05) is 19.9 Å². The van der Waals surface area contributed by atoms with Crippen LogP contribution in [0, 0.1) is 0 Å². The predicted molar refractivity (Wildman–Crippen MR) is 107 cm³/mol. The molecule has 5 heteroatoms. The second kappa shape index (κ2) is 6.16. The number of benzene rings is 2. The third-order valence-corrected chi connectivity index (χ3v) is 5.04. The van der Waals surface area contributed by atoms with Crippen molar-refractivity contribution in [3.05, 3.63) is 42.1 Å². The van der Waals surface area contributed by atoms with E-state index in [9.17, 15) is 4.79 Å². The van der Waals surface area contributed by atoms with Crippen LogP contribution in [0.1, 0.15) is 38.7 Å². The number of carbonyl (C=O) groups excluding carboxylic acids is 1. The molecule has 0 saturated heterocycles. The highest BCUT2D eigenvalue weighted by molar-refractivity contribution is 6.01. The fraction of sp³-hybridized carbons (Fsp3) is 0.333. The Morgan fingerprint density at radius 1 is 1.23 bits per heavy atom. The third kappa shape index (κ3) is 2.83. The Balaban J connectivity index is 1.94. The molecule has 134 valence electrons. The van der Waals surface area contributed by atoms with E-state index in [0.29, 0.717) is 12.3 Å². The maximum Gasteiger partial charge on any atom is 0.226 e. The topological polar surface area (TPSA) is 59.0 Å². The first-order chi connectivity index (χ1) is 12.4. The molecule has 5 nitrogen and oxygen atoms in total. The zero-order valence-electron chi connectivity index (χ0n) is 15.6. The van der Waals surface area contributed by atoms with Crippen LogP contribution in [0.3, 0.4) is 0 Å². The van der Waals surface area contributed by atoms with Crippen LogP contribution >= 0.6 is 0 Å². The molecule has 2 N–H and O–H groups in total. The minimum atomic E-state index is 0.0540. The molecule has 1 aliphatic heterocycles. The molecule has 0 saturated carbocycles. The SMILES string of the molecule is CC1CC(=O)Nc2cc(C(C)C)cc(-c3ccc4c(cnn4C)c3)c2N1. The van der Waals surface area contributed by atoms with Crippen molar-refractivity contribution in [2.24, 2.45) is 7.05 Å². The minimum absolute atomic E-state index is 0.0540. The van der Waals surface area contributed by atoms with Crippen LogP contribution in [0.15, 0.2) is 36.5 Å². The number of hydrogen-bond acceptors (Lipinski definition) is 3. The largest absolute Gasteiger partial charge is 0.380 e. The standard InChI is InChI=1S/C21H24N4O/c1-12(2)15-9-17(14-5-6-19-16(8-14)11-22-25(19)4)21-18(10-15)24-20(26)7-13(3)23-21/h5-6,8-13,23H,7H2,1-4H3,(H,24,26). The Morgan fingerprint density at radius 3 is 2.81 bits per heavy atom. The number of fused-ring (bicyclic) bond motifs is 2. The van der Waals surface area contributed by atoms with Crippen LogP contribution in [0.4, 0.5) is 11.4 Å². The number of anilines is 2. The van der Waals surface area contributed by atoms with Crippen molar-refractivity contribution in [1.82, 2.24) is 9.78 Å². The molecule has 26 heavy (non-hydrogen) atoms. The Kier molecular flexibility index (Phi) is 3.94. The number of amides is 1. The van der Waals surface area contributed by atoms with Crippen LogP contribution in [0.5, 0.6) is 0 Å². The summed E-state index contributed by atoms with van der Waals surface area (Å²) >= 11 is 0. The minimum Gasteiger partial charge on any atom is -0.380 e. The first-order valence-corrected chi connectivity index (χ1v) is 9.09. The molecule has 0 radical (unpaired) electrons. The van der Waals surface area contributed by atoms with Gasteiger partial charge in [-0.05, 0) is 48.2 Å². The number of rotatable bonds is 2. The van der Waals surface area contributed by atoms with Gasteiger partial charge in [-0.25, -0.2) is 0 Å². The van der Waals surface area contributed by atoms with E-state index in [-0.39, 0.29) is 11.9 Å². The Bertz CT molecular complexity index is 1000. The highest BCUT2D eigenvalue weighted by Gasteiger charge is 2.22. The van der Waals surface area contributed by atoms with E-state index in [1.165, 1.54) is 5.56 Å². The van der Waals surface area contributed by atoms with Crippen LogP contribution < -0.4 is 10.6 Å². The fourth-order valence-corrected chi connectivity index (χ4v) is 3.59. The van der Waals surface area contributed by atoms with Crippen molar-refractivity contribution in [2.45, 2.75) is 39.2 Å². The summed E-state index contributed by atoms with van der Waals surface area (Å²) in [5.41, 5.74) is 6.42. The van der Waals surface area contributed by atoms with Gasteiger partial charge in [-0.15, -0.1) is 0 Å². The molecule has 1 unspecified atom stereocenters. The van der Waals surface area contributed by atoms with Gasteiger partial charge in [0.1, 0.15) is 0 Å². The molecule has 1 atom stereocenters. The number of hydrogen-bond donors (Lipinski definition) is 2. The fourth-order valence-electron chi connectivity index (χ4n) is 3.59. The molecule has 0 fully saturated rings. The van der Waals surface area contributed by atoms with E-state index >= 15 is 0 Å². The van der Waals surface area contributed by atoms with Crippen LogP contribution in [0.25, 0.3) is 22.0 Å². The zero-order valence-corrected chi connectivity index (χ0v) is 15.6. The van der Waals surface area contributed by atoms with E-state index < -0.39 is 0 Å². The molecule has 1 aromatic heterocycles. The van der Waals surface area contributed by atoms with Gasteiger partial charge in [0.2, 0.25) is 5.91 Å². The normalized spacial score (nSPS) is 17.0. The second-order valence-corrected chi connectivity index (χ2v) is 7.49. The van der Waals surface area contributed by atoms with E-state index in [4.69, 9.17) is 0 Å². The molecule has 3 aromatic rings. The number of aromatic nitrogens is 2. The van der Waals surface area contributed by atoms with Crippen molar-refractivity contribution >= 4 is 28.2 Å². The lowest BCUT2D eigenvalue weighted by Gasteiger charge is -2.20. The smallest absolute Gasteiger partial charge is 0.226 e. The summed E-state index contributed by atoms with van der Waals surface area (Å²) in [6.45, 7) is 6.38. The third-order valence-electron chi connectivity index (χ3n) is 5.04. The summed E-state index contributed by atoms with van der Waals surface area (Å²) in [6.07, 6.45) is 2.36. The highest BCUT2D eigenvalue weighted by Crippen LogP contribution is 2.40. The lowest BCUT2D eigenvalue weighted by molar-refractivity contribution is -0.116. The molecule has 0 spiro atoms. The number of aryl methyl sites for hydroxylation is 1. The van der Waals surface area contributed by atoms with Crippen LogP contribution in [-0.2, 0) is 11.8 Å². The van der Waals surface area contributed by atoms with E-state index in [2.05, 4.69) is 59.9 Å². The monoisotopic (exact) mass is 348 g/mol. The van der Waals surface area contributed by atoms with Gasteiger partial charge in [0.15, 0.2) is 0 Å². The Morgan fingerprint density at radius 2 is 2.04 bits per heavy atom. The Hall–Kier alpha value is -2.82. The molecule has 1 amide bonds. The van der Waals surface area contributed by atoms with Crippen molar-refractivity contribution in [3.8, 4) is 11.1 Å². The average molecular weight is 348 g/mol. The maximum atomic E-state index is 12.2. The summed E-state index contributed by atoms with van der Waals surface area (Å²) in [6, 6.07) is 10.8. The highest BCUT2D eigenvalue weighted by atomic mass is 16.1. The lowest BCUT2D eigenvalue weighted by atomic mass is 9.94. The summed E-state index contributed by atoms with van der Waals surface area (Å²) < 4.78 is 1.88. The maximum absolute atomic E-state index is 12.2. The zero-order chi connectivity index (χ0) is 18.4. The summed E-state index contributed by atoms with van der Waals surface area (Å²) in [4.78, 5) is 12.2. The van der Waals surface area contributed by atoms with Crippen molar-refractivity contribution in [3.63, 3.8) is 0 Å². The molecule has 0 aliphatic carbocycles. The van der Waals surface area contributed by atoms with Crippen molar-refractivity contribution in [2.75, 3.05) is 10.6 Å². The van der Waals surface area contributed by atoms with Gasteiger partial charge in [-0.3, -0.25) is 9.48 Å². The number of nitrogens with one attached hydrogen (secondary N) is 2. The average Bonchev–Trinajstić information content (AvgIpc) is 2.88. The molecular weight excluding hydrogens is 324 g/mol. The van der Waals surface area contributed by atoms with Gasteiger partial charge >= 0.3 is 0 Å². The Labute approximate surface area is 153 Å². The van der Waals surface area contributed by atoms with E-state index in [1.54, 1.807) is 0 Å². The van der Waals surface area contributed by atoms with Gasteiger partial charge < -0.3 is 10.6 Å². The molecule has 2 heterocycles. The number of carbonyl (C=O) groups is 1. The molecule has 4 rings (SSSR count). The first-order valence-electron chi connectivity index (χ1n) is 9.09. The lowest BCUT2D eigenvalue weighted by Crippen LogP contribution is -2.19. The van der Waals surface area contributed by atoms with Crippen LogP contribution in [-0.4, -0.2) is 21.7 Å². The predicted octanol–water partition coefficient (Wildman–Crippen LogP) is 4.51. The molecule has 2 aromatic carbocycles.